The van der Waals surface area contributed by atoms with Gasteiger partial charge in [-0.3, -0.25) is 48.2 Å². The Bertz CT molecular complexity index is 1490. The van der Waals surface area contributed by atoms with Crippen molar-refractivity contribution in [1.82, 2.24) is 31.1 Å². The van der Waals surface area contributed by atoms with Gasteiger partial charge in [0.05, 0.1) is 64.8 Å². The first-order valence-electron chi connectivity index (χ1n) is 17.4. The predicted octanol–water partition coefficient (Wildman–Crippen LogP) is -1.92. The molecule has 0 saturated carbocycles. The van der Waals surface area contributed by atoms with Crippen LogP contribution in [0.4, 0.5) is 0 Å². The molecule has 2 aliphatic heterocycles. The van der Waals surface area contributed by atoms with Crippen molar-refractivity contribution in [2.75, 3.05) is 85.6 Å². The highest BCUT2D eigenvalue weighted by Gasteiger charge is 2.33. The first-order chi connectivity index (χ1) is 26.4. The smallest absolute Gasteiger partial charge is 0.253 e. The van der Waals surface area contributed by atoms with E-state index in [9.17, 15) is 38.4 Å². The number of carbonyl (C=O) groups excluding carboxylic acids is 8. The third-order valence-electron chi connectivity index (χ3n) is 7.66. The number of terminal acetylenes is 2. The van der Waals surface area contributed by atoms with Gasteiger partial charge >= 0.3 is 0 Å². The fourth-order valence-electron chi connectivity index (χ4n) is 4.83. The molecule has 0 atom stereocenters. The van der Waals surface area contributed by atoms with Crippen molar-refractivity contribution in [3.8, 4) is 24.7 Å². The van der Waals surface area contributed by atoms with Crippen LogP contribution in [-0.2, 0) is 57.3 Å². The minimum absolute atomic E-state index is 0.00444. The molecule has 0 aromatic carbocycles. The monoisotopic (exact) mass is 768 g/mol. The Morgan fingerprint density at radius 2 is 1.04 bits per heavy atom. The summed E-state index contributed by atoms with van der Waals surface area (Å²) in [7, 11) is 0. The molecule has 0 unspecified atom stereocenters. The van der Waals surface area contributed by atoms with E-state index in [1.165, 1.54) is 0 Å². The van der Waals surface area contributed by atoms with Crippen LogP contribution >= 0.6 is 0 Å². The van der Waals surface area contributed by atoms with E-state index in [1.54, 1.807) is 0 Å². The van der Waals surface area contributed by atoms with Gasteiger partial charge in [-0.2, -0.15) is 0 Å². The SMILES string of the molecule is C#CCNC(=O)CCOCC(COCCCNC(=O)CCN1C(=O)C=CC1=O)(COCCC(=O)NCC#C)COCC(=C)NC(=O)CCN1C(=O)C=CC1=O. The Kier molecular flexibility index (Phi) is 21.0. The summed E-state index contributed by atoms with van der Waals surface area (Å²) in [5.41, 5.74) is -0.815. The number of ether oxygens (including phenoxy) is 4. The topological polar surface area (TPSA) is 228 Å². The molecule has 0 spiro atoms. The molecule has 0 aliphatic carbocycles. The van der Waals surface area contributed by atoms with Crippen LogP contribution in [-0.4, -0.2) is 143 Å². The summed E-state index contributed by atoms with van der Waals surface area (Å²) in [6.45, 7) is 4.00. The van der Waals surface area contributed by atoms with Crippen LogP contribution in [0.15, 0.2) is 36.6 Å². The van der Waals surface area contributed by atoms with Gasteiger partial charge in [0.1, 0.15) is 0 Å². The van der Waals surface area contributed by atoms with E-state index < -0.39 is 35.0 Å². The molecule has 0 fully saturated rings. The van der Waals surface area contributed by atoms with Crippen LogP contribution < -0.4 is 21.3 Å². The third-order valence-corrected chi connectivity index (χ3v) is 7.66. The Morgan fingerprint density at radius 3 is 1.51 bits per heavy atom. The molecule has 2 aliphatic rings. The van der Waals surface area contributed by atoms with E-state index in [0.717, 1.165) is 34.1 Å². The lowest BCUT2D eigenvalue weighted by atomic mass is 9.92. The highest BCUT2D eigenvalue weighted by atomic mass is 16.5. The Hall–Kier alpha value is -5.66. The minimum Gasteiger partial charge on any atom is -0.381 e. The summed E-state index contributed by atoms with van der Waals surface area (Å²) in [5, 5.41) is 10.4. The lowest BCUT2D eigenvalue weighted by molar-refractivity contribution is -0.139. The zero-order valence-corrected chi connectivity index (χ0v) is 30.7. The third kappa shape index (κ3) is 18.3. The first kappa shape index (κ1) is 45.5. The number of amides is 8. The van der Waals surface area contributed by atoms with Crippen LogP contribution in [0.3, 0.4) is 0 Å². The number of rotatable bonds is 29. The van der Waals surface area contributed by atoms with Crippen LogP contribution in [0.2, 0.25) is 0 Å². The van der Waals surface area contributed by atoms with Crippen molar-refractivity contribution >= 4 is 47.3 Å². The molecule has 0 aromatic rings. The van der Waals surface area contributed by atoms with Crippen LogP contribution in [0.1, 0.15) is 32.1 Å². The summed E-state index contributed by atoms with van der Waals surface area (Å²) in [6, 6.07) is 0. The molecule has 18 nitrogen and oxygen atoms in total. The summed E-state index contributed by atoms with van der Waals surface area (Å²) >= 11 is 0. The quantitative estimate of drug-likeness (QED) is 0.0371. The second kappa shape index (κ2) is 25.4. The fraction of sp³-hybridized carbons (Fsp3) is 0.514. The molecule has 55 heavy (non-hydrogen) atoms. The molecule has 4 N–H and O–H groups in total. The highest BCUT2D eigenvalue weighted by Crippen LogP contribution is 2.22. The minimum atomic E-state index is -1.01. The van der Waals surface area contributed by atoms with Crippen molar-refractivity contribution in [1.29, 1.82) is 0 Å². The number of hydrogen-bond donors (Lipinski definition) is 4. The van der Waals surface area contributed by atoms with Gasteiger partial charge in [-0.05, 0) is 6.42 Å². The normalized spacial score (nSPS) is 13.5. The summed E-state index contributed by atoms with van der Waals surface area (Å²) in [5.74, 6) is 1.22. The molecule has 2 heterocycles. The maximum Gasteiger partial charge on any atom is 0.253 e. The molecular formula is C37H48N6O12. The summed E-state index contributed by atoms with van der Waals surface area (Å²) in [6.07, 6.45) is 15.1. The molecule has 0 saturated heterocycles. The molecular weight excluding hydrogens is 720 g/mol. The van der Waals surface area contributed by atoms with Crippen LogP contribution in [0, 0.1) is 30.1 Å². The molecule has 0 radical (unpaired) electrons. The van der Waals surface area contributed by atoms with Gasteiger partial charge in [0, 0.05) is 81.9 Å². The Morgan fingerprint density at radius 1 is 0.618 bits per heavy atom. The van der Waals surface area contributed by atoms with Gasteiger partial charge in [-0.25, -0.2) is 0 Å². The average molecular weight is 769 g/mol. The molecule has 2 rings (SSSR count). The standard InChI is InChI=1S/C37H48N6O12/c1-4-15-38-30(45)13-21-53-25-37(26-54-22-14-31(46)39-16-5-2,24-52-20-6-17-40-29(44)11-18-42-33(48)7-8-34(42)49)27-55-23-28(3)41-32(47)12-19-43-35(50)9-10-36(43)51/h1-2,7-10H,3,6,11-27H2,(H,38,45)(H,39,46)(H,40,44)(H,41,47). The van der Waals surface area contributed by atoms with E-state index >= 15 is 0 Å². The second-order valence-corrected chi connectivity index (χ2v) is 12.3. The maximum atomic E-state index is 12.5. The van der Waals surface area contributed by atoms with Crippen molar-refractivity contribution in [3.63, 3.8) is 0 Å². The number of imide groups is 2. The number of hydrogen-bond acceptors (Lipinski definition) is 12. The number of carbonyl (C=O) groups is 8. The van der Waals surface area contributed by atoms with E-state index in [0.29, 0.717) is 6.42 Å². The van der Waals surface area contributed by atoms with Crippen molar-refractivity contribution in [3.05, 3.63) is 36.6 Å². The van der Waals surface area contributed by atoms with Crippen LogP contribution in [0.5, 0.6) is 0 Å². The van der Waals surface area contributed by atoms with E-state index in [-0.39, 0.29) is 135 Å². The fourth-order valence-corrected chi connectivity index (χ4v) is 4.83. The Labute approximate surface area is 319 Å². The first-order valence-corrected chi connectivity index (χ1v) is 17.4. The summed E-state index contributed by atoms with van der Waals surface area (Å²) < 4.78 is 23.6. The van der Waals surface area contributed by atoms with Gasteiger partial charge in [0.2, 0.25) is 23.6 Å². The van der Waals surface area contributed by atoms with E-state index in [2.05, 4.69) is 39.7 Å². The lowest BCUT2D eigenvalue weighted by Crippen LogP contribution is -2.43. The maximum absolute atomic E-state index is 12.5. The van der Waals surface area contributed by atoms with Crippen LogP contribution in [0.25, 0.3) is 0 Å². The van der Waals surface area contributed by atoms with E-state index in [1.807, 2.05) is 0 Å². The molecule has 298 valence electrons. The van der Waals surface area contributed by atoms with Gasteiger partial charge in [-0.1, -0.05) is 18.4 Å². The van der Waals surface area contributed by atoms with Gasteiger partial charge in [0.25, 0.3) is 23.6 Å². The largest absolute Gasteiger partial charge is 0.381 e. The highest BCUT2D eigenvalue weighted by molar-refractivity contribution is 6.13. The van der Waals surface area contributed by atoms with Crippen molar-refractivity contribution in [2.24, 2.45) is 5.41 Å². The molecule has 0 bridgehead atoms. The lowest BCUT2D eigenvalue weighted by Gasteiger charge is -2.33. The second-order valence-electron chi connectivity index (χ2n) is 12.3. The zero-order valence-electron chi connectivity index (χ0n) is 30.7. The average Bonchev–Trinajstić information content (AvgIpc) is 3.66. The molecule has 0 aromatic heterocycles. The zero-order chi connectivity index (χ0) is 40.5. The van der Waals surface area contributed by atoms with Gasteiger partial charge in [0.15, 0.2) is 0 Å². The van der Waals surface area contributed by atoms with E-state index in [4.69, 9.17) is 31.8 Å². The number of nitrogens with one attached hydrogen (secondary N) is 4. The summed E-state index contributed by atoms with van der Waals surface area (Å²) in [4.78, 5) is 97.7. The van der Waals surface area contributed by atoms with Gasteiger partial charge in [-0.15, -0.1) is 12.8 Å². The predicted molar refractivity (Wildman–Crippen MR) is 194 cm³/mol. The van der Waals surface area contributed by atoms with Gasteiger partial charge < -0.3 is 40.2 Å². The Balaban J connectivity index is 1.98. The number of nitrogens with zero attached hydrogens (tertiary/aromatic N) is 2. The van der Waals surface area contributed by atoms with Crippen molar-refractivity contribution in [2.45, 2.75) is 32.1 Å². The molecule has 18 heteroatoms. The molecule has 8 amide bonds. The van der Waals surface area contributed by atoms with Crippen molar-refractivity contribution < 1.29 is 57.3 Å².